The van der Waals surface area contributed by atoms with Crippen molar-refractivity contribution in [3.05, 3.63) is 259 Å². The molecule has 0 saturated heterocycles. The first-order chi connectivity index (χ1) is 33.7. The molecule has 2 aliphatic carbocycles. The van der Waals surface area contributed by atoms with Crippen LogP contribution in [0.25, 0.3) is 88.3 Å². The molecular weight excluding hydrogens is 831 g/mol. The lowest BCUT2D eigenvalue weighted by Gasteiger charge is -2.27. The van der Waals surface area contributed by atoms with Gasteiger partial charge in [0.1, 0.15) is 0 Å². The highest BCUT2D eigenvalue weighted by Crippen LogP contribution is 2.54. The average molecular weight is 882 g/mol. The third kappa shape index (κ3) is 6.45. The Morgan fingerprint density at radius 3 is 1.54 bits per heavy atom. The van der Waals surface area contributed by atoms with Gasteiger partial charge >= 0.3 is 0 Å². The van der Waals surface area contributed by atoms with Gasteiger partial charge in [-0.25, -0.2) is 0 Å². The SMILES string of the molecule is CC1(C)c2ccccc2-c2ccc(-c3ccc(N(c4ccc(-c5ccccc5-c5cccc6c5C(C)(C)c5ccccc5-6)cc4)c4cccc(-c5cccc6c5ccc5ccccc56)c4)cc3)cc21. The van der Waals surface area contributed by atoms with Gasteiger partial charge in [-0.2, -0.15) is 0 Å². The first-order valence-corrected chi connectivity index (χ1v) is 24.3. The second-order valence-electron chi connectivity index (χ2n) is 20.0. The molecule has 0 spiro atoms. The molecule has 11 aromatic carbocycles. The van der Waals surface area contributed by atoms with Gasteiger partial charge in [0.05, 0.1) is 0 Å². The van der Waals surface area contributed by atoms with E-state index in [4.69, 9.17) is 0 Å². The Bertz CT molecular complexity index is 3830. The fourth-order valence-electron chi connectivity index (χ4n) is 12.1. The van der Waals surface area contributed by atoms with Gasteiger partial charge in [0.15, 0.2) is 0 Å². The Morgan fingerprint density at radius 2 is 0.783 bits per heavy atom. The first-order valence-electron chi connectivity index (χ1n) is 24.3. The second-order valence-corrected chi connectivity index (χ2v) is 20.0. The van der Waals surface area contributed by atoms with Crippen molar-refractivity contribution in [2.45, 2.75) is 38.5 Å². The number of hydrogen-bond acceptors (Lipinski definition) is 1. The summed E-state index contributed by atoms with van der Waals surface area (Å²) in [5, 5.41) is 5.06. The fraction of sp³-hybridized carbons (Fsp3) is 0.0882. The third-order valence-corrected chi connectivity index (χ3v) is 15.5. The van der Waals surface area contributed by atoms with Crippen LogP contribution in [0.15, 0.2) is 237 Å². The summed E-state index contributed by atoms with van der Waals surface area (Å²) in [7, 11) is 0. The van der Waals surface area contributed by atoms with Gasteiger partial charge in [-0.1, -0.05) is 222 Å². The van der Waals surface area contributed by atoms with Crippen LogP contribution in [-0.2, 0) is 10.8 Å². The van der Waals surface area contributed by atoms with E-state index in [1.165, 1.54) is 111 Å². The molecule has 0 saturated carbocycles. The van der Waals surface area contributed by atoms with Crippen molar-refractivity contribution in [2.75, 3.05) is 4.90 Å². The van der Waals surface area contributed by atoms with Crippen molar-refractivity contribution in [2.24, 2.45) is 0 Å². The summed E-state index contributed by atoms with van der Waals surface area (Å²) in [5.41, 5.74) is 23.9. The summed E-state index contributed by atoms with van der Waals surface area (Å²) >= 11 is 0. The molecule has 11 aromatic rings. The van der Waals surface area contributed by atoms with E-state index < -0.39 is 0 Å². The molecule has 0 fully saturated rings. The number of benzene rings is 11. The molecule has 0 atom stereocenters. The van der Waals surface area contributed by atoms with Gasteiger partial charge in [-0.15, -0.1) is 0 Å². The van der Waals surface area contributed by atoms with E-state index in [1.807, 2.05) is 0 Å². The van der Waals surface area contributed by atoms with Crippen molar-refractivity contribution in [1.82, 2.24) is 0 Å². The van der Waals surface area contributed by atoms with E-state index in [0.29, 0.717) is 0 Å². The predicted octanol–water partition coefficient (Wildman–Crippen LogP) is 18.7. The standard InChI is InChI=1S/C68H51N/c1-67(2)63-28-11-9-22-58(63)60-41-35-47(43-65(60)67)44-30-36-49(37-31-44)69(51-18-13-17-48(42-51)54-24-14-25-55-52-19-6-5-16-45(52)34-40-57(54)55)50-38-32-46(33-39-50)53-20-7-8-21-56(53)61-26-15-27-62-59-23-10-12-29-64(59)68(3,4)66(61)62/h5-43H,1-4H3. The molecule has 0 unspecified atom stereocenters. The van der Waals surface area contributed by atoms with E-state index in [-0.39, 0.29) is 10.8 Å². The number of fused-ring (bicyclic) bond motifs is 9. The van der Waals surface area contributed by atoms with E-state index in [0.717, 1.165) is 17.1 Å². The Kier molecular flexibility index (Phi) is 9.30. The Morgan fingerprint density at radius 1 is 0.261 bits per heavy atom. The minimum atomic E-state index is -0.118. The lowest BCUT2D eigenvalue weighted by molar-refractivity contribution is 0.660. The Labute approximate surface area is 405 Å². The third-order valence-electron chi connectivity index (χ3n) is 15.5. The summed E-state index contributed by atoms with van der Waals surface area (Å²) in [6.07, 6.45) is 0. The van der Waals surface area contributed by atoms with Crippen LogP contribution < -0.4 is 4.90 Å². The number of rotatable bonds is 7. The molecule has 0 heterocycles. The molecule has 13 rings (SSSR count). The number of nitrogens with zero attached hydrogens (tertiary/aromatic N) is 1. The van der Waals surface area contributed by atoms with Crippen molar-refractivity contribution in [3.8, 4) is 66.8 Å². The quantitative estimate of drug-likeness (QED) is 0.144. The van der Waals surface area contributed by atoms with E-state index in [2.05, 4.69) is 269 Å². The minimum absolute atomic E-state index is 0.0584. The fourth-order valence-corrected chi connectivity index (χ4v) is 12.1. The van der Waals surface area contributed by atoms with Crippen LogP contribution in [0.1, 0.15) is 49.9 Å². The summed E-state index contributed by atoms with van der Waals surface area (Å²) in [6.45, 7) is 9.47. The molecule has 69 heavy (non-hydrogen) atoms. The van der Waals surface area contributed by atoms with Crippen molar-refractivity contribution in [3.63, 3.8) is 0 Å². The molecule has 0 radical (unpaired) electrons. The largest absolute Gasteiger partial charge is 0.310 e. The first kappa shape index (κ1) is 41.0. The maximum atomic E-state index is 2.42. The number of hydrogen-bond donors (Lipinski definition) is 0. The summed E-state index contributed by atoms with van der Waals surface area (Å²) in [6, 6.07) is 88.0. The molecule has 1 heteroatoms. The lowest BCUT2D eigenvalue weighted by atomic mass is 9.78. The smallest absolute Gasteiger partial charge is 0.0467 e. The maximum absolute atomic E-state index is 2.42. The highest BCUT2D eigenvalue weighted by atomic mass is 15.1. The minimum Gasteiger partial charge on any atom is -0.310 e. The normalized spacial score (nSPS) is 13.7. The van der Waals surface area contributed by atoms with E-state index in [9.17, 15) is 0 Å². The van der Waals surface area contributed by atoms with Crippen LogP contribution >= 0.6 is 0 Å². The van der Waals surface area contributed by atoms with Crippen molar-refractivity contribution >= 4 is 38.6 Å². The van der Waals surface area contributed by atoms with E-state index >= 15 is 0 Å². The molecule has 0 aliphatic heterocycles. The Hall–Kier alpha value is -8.26. The molecule has 2 aliphatic rings. The number of anilines is 3. The summed E-state index contributed by atoms with van der Waals surface area (Å²) in [5.74, 6) is 0. The molecule has 0 amide bonds. The van der Waals surface area contributed by atoms with Gasteiger partial charge in [0.25, 0.3) is 0 Å². The molecule has 0 bridgehead atoms. The zero-order valence-corrected chi connectivity index (χ0v) is 39.5. The van der Waals surface area contributed by atoms with Gasteiger partial charge in [0.2, 0.25) is 0 Å². The summed E-state index contributed by atoms with van der Waals surface area (Å²) in [4.78, 5) is 2.41. The van der Waals surface area contributed by atoms with Crippen LogP contribution in [0.5, 0.6) is 0 Å². The van der Waals surface area contributed by atoms with Gasteiger partial charge in [0, 0.05) is 27.9 Å². The monoisotopic (exact) mass is 881 g/mol. The molecule has 0 N–H and O–H groups in total. The molecule has 1 nitrogen and oxygen atoms in total. The second kappa shape index (κ2) is 15.7. The average Bonchev–Trinajstić information content (AvgIpc) is 3.78. The van der Waals surface area contributed by atoms with E-state index in [1.54, 1.807) is 0 Å². The highest BCUT2D eigenvalue weighted by Gasteiger charge is 2.38. The van der Waals surface area contributed by atoms with Crippen LogP contribution in [0.2, 0.25) is 0 Å². The van der Waals surface area contributed by atoms with Crippen LogP contribution in [0, 0.1) is 0 Å². The van der Waals surface area contributed by atoms with Crippen LogP contribution in [-0.4, -0.2) is 0 Å². The van der Waals surface area contributed by atoms with Crippen molar-refractivity contribution in [1.29, 1.82) is 0 Å². The topological polar surface area (TPSA) is 3.24 Å². The molecule has 0 aromatic heterocycles. The molecular formula is C68H51N. The maximum Gasteiger partial charge on any atom is 0.0467 e. The van der Waals surface area contributed by atoms with Gasteiger partial charge < -0.3 is 4.90 Å². The van der Waals surface area contributed by atoms with Crippen LogP contribution in [0.3, 0.4) is 0 Å². The molecule has 328 valence electrons. The summed E-state index contributed by atoms with van der Waals surface area (Å²) < 4.78 is 0. The van der Waals surface area contributed by atoms with Crippen LogP contribution in [0.4, 0.5) is 17.1 Å². The van der Waals surface area contributed by atoms with Gasteiger partial charge in [-0.3, -0.25) is 0 Å². The lowest BCUT2D eigenvalue weighted by Crippen LogP contribution is -2.16. The predicted molar refractivity (Wildman–Crippen MR) is 293 cm³/mol. The van der Waals surface area contributed by atoms with Gasteiger partial charge in [-0.05, 0) is 153 Å². The zero-order valence-electron chi connectivity index (χ0n) is 39.5. The zero-order chi connectivity index (χ0) is 46.4. The Balaban J connectivity index is 0.912. The highest BCUT2D eigenvalue weighted by molar-refractivity contribution is 6.12. The van der Waals surface area contributed by atoms with Crippen molar-refractivity contribution < 1.29 is 0 Å².